The van der Waals surface area contributed by atoms with Crippen LogP contribution < -0.4 is 0 Å². The van der Waals surface area contributed by atoms with Crippen LogP contribution in [0.4, 0.5) is 0 Å². The predicted octanol–water partition coefficient (Wildman–Crippen LogP) is 8.65. The van der Waals surface area contributed by atoms with Crippen LogP contribution in [0.15, 0.2) is 83.8 Å². The molecular formula is C32H38O2S. The maximum Gasteiger partial charge on any atom is 0.179 e. The molecule has 0 fully saturated rings. The van der Waals surface area contributed by atoms with Gasteiger partial charge in [-0.1, -0.05) is 137 Å². The smallest absolute Gasteiger partial charge is 0.179 e. The minimum absolute atomic E-state index is 0.174. The van der Waals surface area contributed by atoms with Crippen molar-refractivity contribution < 1.29 is 8.42 Å². The molecule has 0 unspecified atom stereocenters. The lowest BCUT2D eigenvalue weighted by Crippen LogP contribution is -2.12. The van der Waals surface area contributed by atoms with Gasteiger partial charge >= 0.3 is 0 Å². The van der Waals surface area contributed by atoms with Gasteiger partial charge in [0.25, 0.3) is 0 Å². The Morgan fingerprint density at radius 3 is 1.83 bits per heavy atom. The van der Waals surface area contributed by atoms with Crippen LogP contribution in [0, 0.1) is 11.8 Å². The molecule has 0 spiro atoms. The second-order valence-electron chi connectivity index (χ2n) is 9.82. The second kappa shape index (κ2) is 13.3. The highest BCUT2D eigenvalue weighted by molar-refractivity contribution is 7.91. The zero-order valence-electron chi connectivity index (χ0n) is 21.2. The zero-order valence-corrected chi connectivity index (χ0v) is 22.0. The monoisotopic (exact) mass is 486 g/mol. The Morgan fingerprint density at radius 2 is 1.23 bits per heavy atom. The number of hydrogen-bond acceptors (Lipinski definition) is 2. The summed E-state index contributed by atoms with van der Waals surface area (Å²) in [4.78, 5) is 0.411. The lowest BCUT2D eigenvalue weighted by atomic mass is 9.98. The van der Waals surface area contributed by atoms with Crippen molar-refractivity contribution in [2.75, 3.05) is 5.75 Å². The number of hydrogen-bond donors (Lipinski definition) is 0. The van der Waals surface area contributed by atoms with Gasteiger partial charge in [-0.25, -0.2) is 8.42 Å². The third kappa shape index (κ3) is 8.99. The Balaban J connectivity index is 1.84. The molecule has 184 valence electrons. The van der Waals surface area contributed by atoms with E-state index in [4.69, 9.17) is 0 Å². The number of benzene rings is 3. The van der Waals surface area contributed by atoms with Crippen molar-refractivity contribution in [1.29, 1.82) is 0 Å². The van der Waals surface area contributed by atoms with E-state index in [-0.39, 0.29) is 5.75 Å². The largest absolute Gasteiger partial charge is 0.224 e. The Morgan fingerprint density at radius 1 is 0.657 bits per heavy atom. The molecule has 0 aromatic heterocycles. The van der Waals surface area contributed by atoms with E-state index in [2.05, 4.69) is 20.8 Å². The molecule has 1 atom stereocenters. The molecule has 35 heavy (non-hydrogen) atoms. The molecule has 0 amide bonds. The number of sulfone groups is 1. The van der Waals surface area contributed by atoms with E-state index >= 15 is 0 Å². The van der Waals surface area contributed by atoms with E-state index in [1.54, 1.807) is 0 Å². The van der Waals surface area contributed by atoms with Crippen LogP contribution in [-0.4, -0.2) is 14.2 Å². The molecule has 0 aliphatic rings. The van der Waals surface area contributed by atoms with Crippen LogP contribution in [-0.2, 0) is 9.84 Å². The highest BCUT2D eigenvalue weighted by Gasteiger charge is 2.19. The van der Waals surface area contributed by atoms with Crippen molar-refractivity contribution in [2.24, 2.45) is 11.8 Å². The van der Waals surface area contributed by atoms with Crippen LogP contribution in [0.1, 0.15) is 68.7 Å². The molecule has 0 saturated heterocycles. The van der Waals surface area contributed by atoms with Gasteiger partial charge in [0.1, 0.15) is 0 Å². The van der Waals surface area contributed by atoms with Gasteiger partial charge in [0.05, 0.1) is 10.6 Å². The van der Waals surface area contributed by atoms with Crippen molar-refractivity contribution in [3.63, 3.8) is 0 Å². The maximum atomic E-state index is 13.5. The Labute approximate surface area is 212 Å². The van der Waals surface area contributed by atoms with Gasteiger partial charge < -0.3 is 0 Å². The van der Waals surface area contributed by atoms with Gasteiger partial charge in [0, 0.05) is 0 Å². The lowest BCUT2D eigenvalue weighted by Gasteiger charge is -2.14. The summed E-state index contributed by atoms with van der Waals surface area (Å²) in [6, 6.07) is 25.7. The average molecular weight is 487 g/mol. The third-order valence-corrected chi connectivity index (χ3v) is 8.05. The molecule has 0 heterocycles. The molecule has 3 aromatic carbocycles. The zero-order chi connectivity index (χ0) is 25.1. The molecule has 0 N–H and O–H groups in total. The summed E-state index contributed by atoms with van der Waals surface area (Å²) in [6.07, 6.45) is 12.0. The molecule has 2 nitrogen and oxygen atoms in total. The van der Waals surface area contributed by atoms with Crippen molar-refractivity contribution in [3.8, 4) is 0 Å². The molecular weight excluding hydrogens is 448 g/mol. The van der Waals surface area contributed by atoms with Gasteiger partial charge in [0.2, 0.25) is 0 Å². The van der Waals surface area contributed by atoms with E-state index in [9.17, 15) is 8.42 Å². The van der Waals surface area contributed by atoms with E-state index in [0.29, 0.717) is 23.2 Å². The summed E-state index contributed by atoms with van der Waals surface area (Å²) in [7, 11) is -3.42. The SMILES string of the molecule is CC(C)CCC[C@H](C)CCS(=O)(=O)c1cc(/C=C/c2ccccc2)ccc1/C=C/c1ccccc1. The van der Waals surface area contributed by atoms with Gasteiger partial charge in [-0.3, -0.25) is 0 Å². The van der Waals surface area contributed by atoms with Crippen LogP contribution >= 0.6 is 0 Å². The fourth-order valence-electron chi connectivity index (χ4n) is 4.05. The standard InChI is InChI=1S/C32H38O2S/c1-26(2)11-10-12-27(3)23-24-35(33,34)32-25-30(18-17-28-13-6-4-7-14-28)20-22-31(32)21-19-29-15-8-5-9-16-29/h4-9,13-22,25-27H,10-12,23-24H2,1-3H3/b18-17+,21-19+/t27-/m0/s1. The van der Waals surface area contributed by atoms with E-state index in [0.717, 1.165) is 35.1 Å². The van der Waals surface area contributed by atoms with E-state index < -0.39 is 9.84 Å². The first kappa shape index (κ1) is 26.7. The third-order valence-electron chi connectivity index (χ3n) is 6.25. The molecule has 0 aliphatic heterocycles. The maximum absolute atomic E-state index is 13.5. The van der Waals surface area contributed by atoms with Crippen molar-refractivity contribution in [3.05, 3.63) is 101 Å². The molecule has 0 bridgehead atoms. The average Bonchev–Trinajstić information content (AvgIpc) is 2.86. The Kier molecular flexibility index (Phi) is 10.1. The summed E-state index contributed by atoms with van der Waals surface area (Å²) < 4.78 is 27.0. The summed E-state index contributed by atoms with van der Waals surface area (Å²) in [5, 5.41) is 0. The summed E-state index contributed by atoms with van der Waals surface area (Å²) in [5.41, 5.74) is 3.75. The van der Waals surface area contributed by atoms with Crippen molar-refractivity contribution in [1.82, 2.24) is 0 Å². The van der Waals surface area contributed by atoms with Gasteiger partial charge in [0.15, 0.2) is 9.84 Å². The molecule has 3 aromatic rings. The summed E-state index contributed by atoms with van der Waals surface area (Å²) in [6.45, 7) is 6.64. The predicted molar refractivity (Wildman–Crippen MR) is 152 cm³/mol. The van der Waals surface area contributed by atoms with E-state index in [1.807, 2.05) is 103 Å². The van der Waals surface area contributed by atoms with Crippen LogP contribution in [0.3, 0.4) is 0 Å². The lowest BCUT2D eigenvalue weighted by molar-refractivity contribution is 0.448. The minimum atomic E-state index is -3.42. The molecule has 3 heteroatoms. The second-order valence-corrected chi connectivity index (χ2v) is 11.9. The van der Waals surface area contributed by atoms with Crippen LogP contribution in [0.5, 0.6) is 0 Å². The first-order valence-corrected chi connectivity index (χ1v) is 14.3. The molecule has 0 aliphatic carbocycles. The van der Waals surface area contributed by atoms with Gasteiger partial charge in [-0.2, -0.15) is 0 Å². The number of rotatable bonds is 12. The fraction of sp³-hybridized carbons (Fsp3) is 0.312. The molecule has 0 saturated carbocycles. The van der Waals surface area contributed by atoms with Gasteiger partial charge in [-0.05, 0) is 46.6 Å². The Bertz CT molecular complexity index is 1210. The molecule has 0 radical (unpaired) electrons. The highest BCUT2D eigenvalue weighted by atomic mass is 32.2. The first-order chi connectivity index (χ1) is 16.8. The highest BCUT2D eigenvalue weighted by Crippen LogP contribution is 2.25. The molecule has 3 rings (SSSR count). The van der Waals surface area contributed by atoms with Crippen LogP contribution in [0.25, 0.3) is 24.3 Å². The fourth-order valence-corrected chi connectivity index (χ4v) is 5.80. The normalized spacial score (nSPS) is 13.1. The van der Waals surface area contributed by atoms with Gasteiger partial charge in [-0.15, -0.1) is 0 Å². The van der Waals surface area contributed by atoms with Crippen molar-refractivity contribution in [2.45, 2.75) is 51.3 Å². The quantitative estimate of drug-likeness (QED) is 0.240. The topological polar surface area (TPSA) is 34.1 Å². The minimum Gasteiger partial charge on any atom is -0.224 e. The summed E-state index contributed by atoms with van der Waals surface area (Å²) in [5.74, 6) is 1.26. The van der Waals surface area contributed by atoms with E-state index in [1.165, 1.54) is 6.42 Å². The first-order valence-electron chi connectivity index (χ1n) is 12.7. The Hall–Kier alpha value is -2.91. The van der Waals surface area contributed by atoms with Crippen LogP contribution in [0.2, 0.25) is 0 Å². The summed E-state index contributed by atoms with van der Waals surface area (Å²) >= 11 is 0. The van der Waals surface area contributed by atoms with Crippen molar-refractivity contribution >= 4 is 34.1 Å².